The van der Waals surface area contributed by atoms with Crippen LogP contribution in [0.1, 0.15) is 41.0 Å². The van der Waals surface area contributed by atoms with Crippen molar-refractivity contribution < 1.29 is 19.0 Å². The maximum absolute atomic E-state index is 12.0. The van der Waals surface area contributed by atoms with Gasteiger partial charge in [-0.25, -0.2) is 4.79 Å². The molecule has 2 unspecified atom stereocenters. The van der Waals surface area contributed by atoms with Gasteiger partial charge in [0.1, 0.15) is 5.54 Å². The largest absolute Gasteiger partial charge is 0.465 e. The second-order valence-electron chi connectivity index (χ2n) is 4.76. The molecule has 0 aromatic rings. The van der Waals surface area contributed by atoms with Gasteiger partial charge in [0, 0.05) is 6.61 Å². The molecule has 5 nitrogen and oxygen atoms in total. The molecule has 0 aliphatic rings. The van der Waals surface area contributed by atoms with Crippen molar-refractivity contribution >= 4 is 5.97 Å². The van der Waals surface area contributed by atoms with Gasteiger partial charge in [-0.3, -0.25) is 0 Å². The molecule has 0 amide bonds. The van der Waals surface area contributed by atoms with Crippen molar-refractivity contribution in [3.63, 3.8) is 0 Å². The van der Waals surface area contributed by atoms with Gasteiger partial charge in [-0.15, -0.1) is 0 Å². The molecular formula is C14H29NO4. The molecule has 0 saturated heterocycles. The number of hydrogen-bond donors (Lipinski definition) is 1. The molecule has 2 atom stereocenters. The van der Waals surface area contributed by atoms with E-state index < -0.39 is 5.54 Å². The Morgan fingerprint density at radius 3 is 2.47 bits per heavy atom. The van der Waals surface area contributed by atoms with Crippen LogP contribution in [0, 0.1) is 0 Å². The molecule has 19 heavy (non-hydrogen) atoms. The van der Waals surface area contributed by atoms with E-state index in [1.54, 1.807) is 6.92 Å². The molecule has 0 aromatic carbocycles. The molecule has 1 N–H and O–H groups in total. The number of esters is 1. The van der Waals surface area contributed by atoms with E-state index >= 15 is 0 Å². The maximum atomic E-state index is 12.0. The molecule has 114 valence electrons. The highest BCUT2D eigenvalue weighted by atomic mass is 16.5. The lowest BCUT2D eigenvalue weighted by atomic mass is 10.0. The molecule has 0 aromatic heterocycles. The van der Waals surface area contributed by atoms with Gasteiger partial charge in [0.25, 0.3) is 0 Å². The molecule has 0 rings (SSSR count). The lowest BCUT2D eigenvalue weighted by Crippen LogP contribution is -2.54. The van der Waals surface area contributed by atoms with E-state index in [1.165, 1.54) is 0 Å². The van der Waals surface area contributed by atoms with E-state index in [2.05, 4.69) is 12.2 Å². The summed E-state index contributed by atoms with van der Waals surface area (Å²) in [6.07, 6.45) is 0.904. The van der Waals surface area contributed by atoms with E-state index in [-0.39, 0.29) is 18.7 Å². The molecule has 0 aliphatic heterocycles. The highest BCUT2D eigenvalue weighted by molar-refractivity contribution is 5.80. The average Bonchev–Trinajstić information content (AvgIpc) is 2.40. The predicted molar refractivity (Wildman–Crippen MR) is 75.2 cm³/mol. The predicted octanol–water partition coefficient (Wildman–Crippen LogP) is 1.75. The van der Waals surface area contributed by atoms with E-state index in [4.69, 9.17) is 14.2 Å². The average molecular weight is 275 g/mol. The quantitative estimate of drug-likeness (QED) is 0.582. The van der Waals surface area contributed by atoms with Crippen LogP contribution in [-0.4, -0.2) is 50.6 Å². The molecule has 0 radical (unpaired) electrons. The Hall–Kier alpha value is -0.650. The van der Waals surface area contributed by atoms with Crippen LogP contribution in [0.5, 0.6) is 0 Å². The monoisotopic (exact) mass is 275 g/mol. The van der Waals surface area contributed by atoms with Crippen LogP contribution in [0.3, 0.4) is 0 Å². The van der Waals surface area contributed by atoms with Gasteiger partial charge in [0.05, 0.1) is 25.9 Å². The molecule has 5 heteroatoms. The topological polar surface area (TPSA) is 56.8 Å². The minimum absolute atomic E-state index is 0.0443. The summed E-state index contributed by atoms with van der Waals surface area (Å²) < 4.78 is 16.1. The minimum atomic E-state index is -0.799. The van der Waals surface area contributed by atoms with Crippen molar-refractivity contribution in [1.82, 2.24) is 5.32 Å². The second kappa shape index (κ2) is 10.2. The SMILES string of the molecule is CCCNC(C)(COC(C)COCC)C(=O)OCC. The first-order chi connectivity index (χ1) is 9.00. The molecule has 0 heterocycles. The molecule has 0 fully saturated rings. The third kappa shape index (κ3) is 7.50. The summed E-state index contributed by atoms with van der Waals surface area (Å²) in [5.74, 6) is -0.271. The van der Waals surface area contributed by atoms with Crippen LogP contribution < -0.4 is 5.32 Å². The Morgan fingerprint density at radius 2 is 1.95 bits per heavy atom. The first kappa shape index (κ1) is 18.4. The summed E-state index contributed by atoms with van der Waals surface area (Å²) in [5.41, 5.74) is -0.799. The first-order valence-electron chi connectivity index (χ1n) is 7.11. The molecular weight excluding hydrogens is 246 g/mol. The normalized spacial score (nSPS) is 15.8. The second-order valence-corrected chi connectivity index (χ2v) is 4.76. The van der Waals surface area contributed by atoms with E-state index in [1.807, 2.05) is 20.8 Å². The van der Waals surface area contributed by atoms with Gasteiger partial charge < -0.3 is 19.5 Å². The molecule has 0 saturated carbocycles. The van der Waals surface area contributed by atoms with E-state index in [9.17, 15) is 4.79 Å². The zero-order valence-electron chi connectivity index (χ0n) is 13.0. The molecule has 0 aliphatic carbocycles. The van der Waals surface area contributed by atoms with Gasteiger partial charge in [0.15, 0.2) is 0 Å². The standard InChI is InChI=1S/C14H29NO4/c1-6-9-15-14(5,13(16)18-8-3)11-19-12(4)10-17-7-2/h12,15H,6-11H2,1-5H3. The number of carbonyl (C=O) groups is 1. The summed E-state index contributed by atoms with van der Waals surface area (Å²) in [4.78, 5) is 12.0. The third-order valence-electron chi connectivity index (χ3n) is 2.70. The van der Waals surface area contributed by atoms with Crippen LogP contribution in [0.4, 0.5) is 0 Å². The first-order valence-corrected chi connectivity index (χ1v) is 7.11. The Balaban J connectivity index is 4.36. The third-order valence-corrected chi connectivity index (χ3v) is 2.70. The van der Waals surface area contributed by atoms with Crippen molar-refractivity contribution in [2.75, 3.05) is 33.0 Å². The fourth-order valence-electron chi connectivity index (χ4n) is 1.51. The van der Waals surface area contributed by atoms with Gasteiger partial charge in [-0.1, -0.05) is 6.92 Å². The van der Waals surface area contributed by atoms with Crippen LogP contribution in [0.15, 0.2) is 0 Å². The lowest BCUT2D eigenvalue weighted by Gasteiger charge is -2.29. The van der Waals surface area contributed by atoms with Crippen molar-refractivity contribution in [1.29, 1.82) is 0 Å². The molecule has 0 bridgehead atoms. The molecule has 0 spiro atoms. The zero-order valence-corrected chi connectivity index (χ0v) is 13.0. The van der Waals surface area contributed by atoms with Crippen molar-refractivity contribution in [3.8, 4) is 0 Å². The Bertz CT molecular complexity index is 248. The Morgan fingerprint density at radius 1 is 1.26 bits per heavy atom. The summed E-state index contributed by atoms with van der Waals surface area (Å²) in [6.45, 7) is 12.1. The number of rotatable bonds is 11. The number of nitrogens with one attached hydrogen (secondary N) is 1. The highest BCUT2D eigenvalue weighted by Gasteiger charge is 2.35. The minimum Gasteiger partial charge on any atom is -0.465 e. The number of carbonyl (C=O) groups excluding carboxylic acids is 1. The van der Waals surface area contributed by atoms with Crippen LogP contribution in [-0.2, 0) is 19.0 Å². The number of ether oxygens (including phenoxy) is 3. The van der Waals surface area contributed by atoms with Crippen LogP contribution >= 0.6 is 0 Å². The number of hydrogen-bond acceptors (Lipinski definition) is 5. The lowest BCUT2D eigenvalue weighted by molar-refractivity contribution is -0.154. The van der Waals surface area contributed by atoms with Gasteiger partial charge in [-0.2, -0.15) is 0 Å². The smallest absolute Gasteiger partial charge is 0.328 e. The fourth-order valence-corrected chi connectivity index (χ4v) is 1.51. The van der Waals surface area contributed by atoms with Crippen LogP contribution in [0.25, 0.3) is 0 Å². The summed E-state index contributed by atoms with van der Waals surface area (Å²) in [7, 11) is 0. The zero-order chi connectivity index (χ0) is 14.7. The van der Waals surface area contributed by atoms with Crippen LogP contribution in [0.2, 0.25) is 0 Å². The maximum Gasteiger partial charge on any atom is 0.328 e. The highest BCUT2D eigenvalue weighted by Crippen LogP contribution is 2.10. The van der Waals surface area contributed by atoms with Crippen molar-refractivity contribution in [2.45, 2.75) is 52.7 Å². The Labute approximate surface area is 117 Å². The summed E-state index contributed by atoms with van der Waals surface area (Å²) in [6, 6.07) is 0. The fraction of sp³-hybridized carbons (Fsp3) is 0.929. The van der Waals surface area contributed by atoms with Crippen molar-refractivity contribution in [3.05, 3.63) is 0 Å². The van der Waals surface area contributed by atoms with Gasteiger partial charge in [0.2, 0.25) is 0 Å². The van der Waals surface area contributed by atoms with Crippen molar-refractivity contribution in [2.24, 2.45) is 0 Å². The van der Waals surface area contributed by atoms with E-state index in [0.717, 1.165) is 13.0 Å². The summed E-state index contributed by atoms with van der Waals surface area (Å²) in [5, 5.41) is 3.20. The Kier molecular flexibility index (Phi) is 9.83. The summed E-state index contributed by atoms with van der Waals surface area (Å²) >= 11 is 0. The van der Waals surface area contributed by atoms with Gasteiger partial charge >= 0.3 is 5.97 Å². The van der Waals surface area contributed by atoms with Gasteiger partial charge in [-0.05, 0) is 40.7 Å². The van der Waals surface area contributed by atoms with E-state index in [0.29, 0.717) is 19.8 Å².